The first-order valence-corrected chi connectivity index (χ1v) is 7.31. The van der Waals surface area contributed by atoms with Gasteiger partial charge in [-0.1, -0.05) is 0 Å². The number of fused-ring (bicyclic) bond motifs is 2. The maximum atomic E-state index is 14.0. The normalized spacial score (nSPS) is 24.4. The van der Waals surface area contributed by atoms with E-state index in [-0.39, 0.29) is 30.6 Å². The van der Waals surface area contributed by atoms with Gasteiger partial charge in [0, 0.05) is 42.0 Å². The minimum Gasteiger partial charge on any atom is -0.371 e. The molecule has 0 amide bonds. The number of hydrogen-bond donors (Lipinski definition) is 1. The van der Waals surface area contributed by atoms with Crippen molar-refractivity contribution >= 4 is 51.9 Å². The fraction of sp³-hybridized carbons (Fsp3) is 0.429. The minimum absolute atomic E-state index is 0. The smallest absolute Gasteiger partial charge is 0.133 e. The van der Waals surface area contributed by atoms with Crippen LogP contribution in [0.2, 0.25) is 0 Å². The maximum absolute atomic E-state index is 14.0. The molecule has 3 heterocycles. The highest BCUT2D eigenvalue weighted by Gasteiger charge is 2.36. The summed E-state index contributed by atoms with van der Waals surface area (Å²) in [7, 11) is 0. The van der Waals surface area contributed by atoms with E-state index < -0.39 is 0 Å². The summed E-state index contributed by atoms with van der Waals surface area (Å²) in [6.07, 6.45) is 0. The molecule has 0 spiro atoms. The second kappa shape index (κ2) is 6.06. The predicted octanol–water partition coefficient (Wildman–Crippen LogP) is 3.54. The molecule has 2 saturated heterocycles. The zero-order chi connectivity index (χ0) is 12.1. The van der Waals surface area contributed by atoms with Gasteiger partial charge < -0.3 is 10.2 Å². The van der Waals surface area contributed by atoms with Crippen molar-refractivity contribution in [3.63, 3.8) is 0 Å². The van der Waals surface area contributed by atoms with E-state index >= 15 is 0 Å². The Morgan fingerprint density at radius 2 is 1.85 bits per heavy atom. The average Bonchev–Trinajstić information content (AvgIpc) is 3.02. The molecule has 1 N–H and O–H groups in total. The van der Waals surface area contributed by atoms with Gasteiger partial charge in [-0.15, -0.1) is 36.2 Å². The lowest BCUT2D eigenvalue weighted by molar-refractivity contribution is 0.533. The summed E-state index contributed by atoms with van der Waals surface area (Å²) in [5.74, 6) is 1.40. The molecule has 0 bridgehead atoms. The minimum atomic E-state index is -0.0843. The van der Waals surface area contributed by atoms with Gasteiger partial charge in [0.25, 0.3) is 0 Å². The molecule has 6 heteroatoms. The first-order valence-electron chi connectivity index (χ1n) is 6.44. The summed E-state index contributed by atoms with van der Waals surface area (Å²) >= 11 is 1.62. The Bertz CT molecular complexity index is 592. The zero-order valence-electron chi connectivity index (χ0n) is 10.8. The summed E-state index contributed by atoms with van der Waals surface area (Å²) < 4.78 is 15.0. The van der Waals surface area contributed by atoms with Crippen LogP contribution in [0.5, 0.6) is 0 Å². The molecule has 2 atom stereocenters. The number of thiophene rings is 1. The third-order valence-electron chi connectivity index (χ3n) is 4.26. The highest BCUT2D eigenvalue weighted by molar-refractivity contribution is 7.17. The molecule has 1 aromatic carbocycles. The molecule has 0 radical (unpaired) electrons. The van der Waals surface area contributed by atoms with E-state index in [4.69, 9.17) is 0 Å². The topological polar surface area (TPSA) is 15.3 Å². The van der Waals surface area contributed by atoms with Crippen LogP contribution in [0.4, 0.5) is 10.1 Å². The maximum Gasteiger partial charge on any atom is 0.133 e. The first kappa shape index (κ1) is 15.8. The van der Waals surface area contributed by atoms with Crippen LogP contribution in [-0.4, -0.2) is 26.2 Å². The lowest BCUT2D eigenvalue weighted by atomic mass is 10.0. The Labute approximate surface area is 134 Å². The van der Waals surface area contributed by atoms with Crippen molar-refractivity contribution < 1.29 is 4.39 Å². The molecule has 1 aromatic heterocycles. The van der Waals surface area contributed by atoms with Crippen molar-refractivity contribution in [1.29, 1.82) is 0 Å². The van der Waals surface area contributed by atoms with Crippen LogP contribution in [0.25, 0.3) is 10.1 Å². The van der Waals surface area contributed by atoms with E-state index in [1.165, 1.54) is 0 Å². The van der Waals surface area contributed by atoms with E-state index in [0.29, 0.717) is 0 Å². The van der Waals surface area contributed by atoms with Crippen LogP contribution >= 0.6 is 36.2 Å². The van der Waals surface area contributed by atoms with Gasteiger partial charge in [-0.2, -0.15) is 0 Å². The van der Waals surface area contributed by atoms with Crippen molar-refractivity contribution in [2.24, 2.45) is 11.8 Å². The lowest BCUT2D eigenvalue weighted by Gasteiger charge is -2.20. The fourth-order valence-electron chi connectivity index (χ4n) is 3.26. The molecule has 2 unspecified atom stereocenters. The van der Waals surface area contributed by atoms with Crippen molar-refractivity contribution in [2.45, 2.75) is 0 Å². The van der Waals surface area contributed by atoms with Gasteiger partial charge in [0.1, 0.15) is 5.82 Å². The van der Waals surface area contributed by atoms with Crippen molar-refractivity contribution in [3.05, 3.63) is 29.4 Å². The SMILES string of the molecule is Cl.Cl.Fc1cc(N2CC3CNCC3C2)cc2sccc12. The van der Waals surface area contributed by atoms with Crippen LogP contribution in [0.1, 0.15) is 0 Å². The van der Waals surface area contributed by atoms with Crippen LogP contribution in [-0.2, 0) is 0 Å². The Kier molecular flexibility index (Phi) is 4.80. The molecular formula is C14H17Cl2FN2S. The van der Waals surface area contributed by atoms with Crippen LogP contribution < -0.4 is 10.2 Å². The van der Waals surface area contributed by atoms with Gasteiger partial charge in [-0.3, -0.25) is 0 Å². The van der Waals surface area contributed by atoms with Gasteiger partial charge in [0.15, 0.2) is 0 Å². The molecule has 2 aliphatic rings. The molecule has 2 nitrogen and oxygen atoms in total. The summed E-state index contributed by atoms with van der Waals surface area (Å²) in [6, 6.07) is 5.70. The molecule has 2 aromatic rings. The fourth-order valence-corrected chi connectivity index (χ4v) is 4.09. The molecule has 110 valence electrons. The summed E-state index contributed by atoms with van der Waals surface area (Å²) in [5.41, 5.74) is 1.05. The molecule has 0 saturated carbocycles. The summed E-state index contributed by atoms with van der Waals surface area (Å²) in [6.45, 7) is 4.36. The van der Waals surface area contributed by atoms with Gasteiger partial charge >= 0.3 is 0 Å². The van der Waals surface area contributed by atoms with E-state index in [1.807, 2.05) is 11.4 Å². The van der Waals surface area contributed by atoms with E-state index in [1.54, 1.807) is 17.4 Å². The second-order valence-corrected chi connectivity index (χ2v) is 6.29. The largest absolute Gasteiger partial charge is 0.371 e. The Balaban J connectivity index is 0.000000735. The number of nitrogens with zero attached hydrogens (tertiary/aromatic N) is 1. The highest BCUT2D eigenvalue weighted by Crippen LogP contribution is 2.34. The van der Waals surface area contributed by atoms with Crippen molar-refractivity contribution in [1.82, 2.24) is 5.32 Å². The monoisotopic (exact) mass is 334 g/mol. The summed E-state index contributed by atoms with van der Waals surface area (Å²) in [4.78, 5) is 2.35. The molecule has 2 aliphatic heterocycles. The van der Waals surface area contributed by atoms with Gasteiger partial charge in [-0.05, 0) is 35.4 Å². The lowest BCUT2D eigenvalue weighted by Crippen LogP contribution is -2.25. The number of nitrogens with one attached hydrogen (secondary N) is 1. The third-order valence-corrected chi connectivity index (χ3v) is 5.12. The number of halogens is 3. The molecule has 4 rings (SSSR count). The third kappa shape index (κ3) is 2.50. The molecule has 2 fully saturated rings. The van der Waals surface area contributed by atoms with Crippen LogP contribution in [0.3, 0.4) is 0 Å². The van der Waals surface area contributed by atoms with Gasteiger partial charge in [0.2, 0.25) is 0 Å². The summed E-state index contributed by atoms with van der Waals surface area (Å²) in [5, 5.41) is 6.15. The van der Waals surface area contributed by atoms with Gasteiger partial charge in [-0.25, -0.2) is 4.39 Å². The Hall–Kier alpha value is -0.550. The van der Waals surface area contributed by atoms with Gasteiger partial charge in [0.05, 0.1) is 0 Å². The zero-order valence-corrected chi connectivity index (χ0v) is 13.3. The van der Waals surface area contributed by atoms with E-state index in [2.05, 4.69) is 16.3 Å². The van der Waals surface area contributed by atoms with E-state index in [9.17, 15) is 4.39 Å². The standard InChI is InChI=1S/C14H15FN2S.2ClH/c15-13-3-11(4-14-12(13)1-2-18-14)17-7-9-5-16-6-10(9)8-17;;/h1-4,9-10,16H,5-8H2;2*1H. The van der Waals surface area contributed by atoms with E-state index in [0.717, 1.165) is 53.8 Å². The number of rotatable bonds is 1. The first-order chi connectivity index (χ1) is 8.81. The Morgan fingerprint density at radius 1 is 1.15 bits per heavy atom. The van der Waals surface area contributed by atoms with Crippen molar-refractivity contribution in [3.8, 4) is 0 Å². The molecule has 0 aliphatic carbocycles. The highest BCUT2D eigenvalue weighted by atomic mass is 35.5. The number of benzene rings is 1. The number of anilines is 1. The van der Waals surface area contributed by atoms with Crippen LogP contribution in [0, 0.1) is 17.7 Å². The molecule has 20 heavy (non-hydrogen) atoms. The van der Waals surface area contributed by atoms with Crippen molar-refractivity contribution in [2.75, 3.05) is 31.1 Å². The second-order valence-electron chi connectivity index (χ2n) is 5.34. The predicted molar refractivity (Wildman–Crippen MR) is 88.3 cm³/mol. The van der Waals surface area contributed by atoms with Crippen LogP contribution in [0.15, 0.2) is 23.6 Å². The molecular weight excluding hydrogens is 318 g/mol. The quantitative estimate of drug-likeness (QED) is 0.858. The Morgan fingerprint density at radius 3 is 2.55 bits per heavy atom. The number of hydrogen-bond acceptors (Lipinski definition) is 3. The average molecular weight is 335 g/mol.